The molecule has 6 heteroatoms. The zero-order valence-corrected chi connectivity index (χ0v) is 11.6. The Bertz CT molecular complexity index is 609. The maximum Gasteiger partial charge on any atom is 0.251 e. The molecule has 2 aromatic heterocycles. The molecule has 1 unspecified atom stereocenters. The van der Waals surface area contributed by atoms with Crippen LogP contribution in [0.25, 0.3) is 0 Å². The van der Waals surface area contributed by atoms with E-state index in [4.69, 9.17) is 4.74 Å². The van der Waals surface area contributed by atoms with Gasteiger partial charge in [0, 0.05) is 24.3 Å². The van der Waals surface area contributed by atoms with Gasteiger partial charge >= 0.3 is 0 Å². The number of aromatic nitrogens is 2. The first-order valence-electron chi connectivity index (χ1n) is 6.02. The molecule has 0 fully saturated rings. The molecule has 2 rings (SSSR count). The van der Waals surface area contributed by atoms with Gasteiger partial charge in [-0.1, -0.05) is 0 Å². The van der Waals surface area contributed by atoms with Crippen LogP contribution in [0, 0.1) is 5.82 Å². The van der Waals surface area contributed by atoms with E-state index in [1.807, 2.05) is 19.2 Å². The molecule has 0 amide bonds. The fourth-order valence-corrected chi connectivity index (χ4v) is 2.52. The van der Waals surface area contributed by atoms with Crippen molar-refractivity contribution in [3.05, 3.63) is 50.6 Å². The molecule has 0 spiro atoms. The van der Waals surface area contributed by atoms with Crippen molar-refractivity contribution in [2.24, 2.45) is 0 Å². The van der Waals surface area contributed by atoms with E-state index in [0.29, 0.717) is 6.61 Å². The lowest BCUT2D eigenvalue weighted by atomic mass is 10.4. The van der Waals surface area contributed by atoms with Crippen LogP contribution < -0.4 is 5.56 Å². The molecule has 0 aliphatic carbocycles. The molecule has 0 aliphatic rings. The molecular weight excluding hydrogens is 267 g/mol. The van der Waals surface area contributed by atoms with Crippen molar-refractivity contribution in [2.75, 3.05) is 6.61 Å². The minimum absolute atomic E-state index is 0.0621. The molecule has 19 heavy (non-hydrogen) atoms. The minimum Gasteiger partial charge on any atom is -0.372 e. The molecule has 0 saturated heterocycles. The van der Waals surface area contributed by atoms with Crippen molar-refractivity contribution < 1.29 is 9.13 Å². The Morgan fingerprint density at radius 2 is 2.32 bits per heavy atom. The van der Waals surface area contributed by atoms with E-state index < -0.39 is 5.82 Å². The van der Waals surface area contributed by atoms with Gasteiger partial charge in [0.1, 0.15) is 16.9 Å². The van der Waals surface area contributed by atoms with Gasteiger partial charge in [-0.05, 0) is 19.9 Å². The van der Waals surface area contributed by atoms with Crippen LogP contribution >= 0.6 is 11.3 Å². The first-order valence-corrected chi connectivity index (χ1v) is 6.90. The standard InChI is InChI=1S/C13H15FN2O2S/c1-3-18-9(2)13-15-11(8-19-13)7-16-6-10(14)4-5-12(16)17/h4-6,8-9H,3,7H2,1-2H3. The van der Waals surface area contributed by atoms with Gasteiger partial charge in [0.05, 0.1) is 12.2 Å². The number of nitrogens with zero attached hydrogens (tertiary/aromatic N) is 2. The lowest BCUT2D eigenvalue weighted by Gasteiger charge is -2.07. The second-order valence-corrected chi connectivity index (χ2v) is 4.98. The average Bonchev–Trinajstić information content (AvgIpc) is 2.83. The SMILES string of the molecule is CCOC(C)c1nc(Cn2cc(F)ccc2=O)cs1. The Morgan fingerprint density at radius 3 is 3.05 bits per heavy atom. The predicted octanol–water partition coefficient (Wildman–Crippen LogP) is 2.59. The van der Waals surface area contributed by atoms with E-state index in [1.54, 1.807) is 0 Å². The van der Waals surface area contributed by atoms with Crippen molar-refractivity contribution >= 4 is 11.3 Å². The third-order valence-electron chi connectivity index (χ3n) is 2.61. The van der Waals surface area contributed by atoms with Gasteiger partial charge < -0.3 is 9.30 Å². The highest BCUT2D eigenvalue weighted by atomic mass is 32.1. The quantitative estimate of drug-likeness (QED) is 0.846. The van der Waals surface area contributed by atoms with E-state index in [9.17, 15) is 9.18 Å². The number of ether oxygens (including phenoxy) is 1. The molecule has 102 valence electrons. The number of halogens is 1. The zero-order valence-electron chi connectivity index (χ0n) is 10.8. The van der Waals surface area contributed by atoms with Crippen LogP contribution in [-0.4, -0.2) is 16.2 Å². The fraction of sp³-hybridized carbons (Fsp3) is 0.385. The number of rotatable bonds is 5. The average molecular weight is 282 g/mol. The maximum absolute atomic E-state index is 13.1. The van der Waals surface area contributed by atoms with Crippen molar-refractivity contribution in [1.82, 2.24) is 9.55 Å². The first-order chi connectivity index (χ1) is 9.10. The van der Waals surface area contributed by atoms with Gasteiger partial charge in [0.25, 0.3) is 5.56 Å². The second kappa shape index (κ2) is 6.08. The Hall–Kier alpha value is -1.53. The summed E-state index contributed by atoms with van der Waals surface area (Å²) in [4.78, 5) is 16.0. The van der Waals surface area contributed by atoms with Gasteiger partial charge in [-0.15, -0.1) is 11.3 Å². The van der Waals surface area contributed by atoms with Crippen molar-refractivity contribution in [3.8, 4) is 0 Å². The molecule has 0 N–H and O–H groups in total. The van der Waals surface area contributed by atoms with E-state index in [2.05, 4.69) is 4.98 Å². The van der Waals surface area contributed by atoms with Crippen LogP contribution in [0.5, 0.6) is 0 Å². The minimum atomic E-state index is -0.433. The van der Waals surface area contributed by atoms with Gasteiger partial charge in [0.2, 0.25) is 0 Å². The Morgan fingerprint density at radius 1 is 1.53 bits per heavy atom. The Labute approximate surface area is 114 Å². The predicted molar refractivity (Wildman–Crippen MR) is 71.9 cm³/mol. The Balaban J connectivity index is 2.16. The molecule has 2 heterocycles. The summed E-state index contributed by atoms with van der Waals surface area (Å²) >= 11 is 1.48. The highest BCUT2D eigenvalue weighted by Gasteiger charge is 2.11. The molecule has 4 nitrogen and oxygen atoms in total. The van der Waals surface area contributed by atoms with Crippen molar-refractivity contribution in [2.45, 2.75) is 26.5 Å². The van der Waals surface area contributed by atoms with Gasteiger partial charge in [0.15, 0.2) is 0 Å². The van der Waals surface area contributed by atoms with Crippen LogP contribution in [0.4, 0.5) is 4.39 Å². The summed E-state index contributed by atoms with van der Waals surface area (Å²) in [7, 11) is 0. The fourth-order valence-electron chi connectivity index (χ4n) is 1.70. The number of hydrogen-bond donors (Lipinski definition) is 0. The summed E-state index contributed by atoms with van der Waals surface area (Å²) < 4.78 is 19.8. The molecule has 0 bridgehead atoms. The lowest BCUT2D eigenvalue weighted by molar-refractivity contribution is 0.0761. The third kappa shape index (κ3) is 3.48. The number of thiazole rings is 1. The lowest BCUT2D eigenvalue weighted by Crippen LogP contribution is -2.19. The molecule has 0 aliphatic heterocycles. The molecule has 0 saturated carbocycles. The second-order valence-electron chi connectivity index (χ2n) is 4.09. The van der Waals surface area contributed by atoms with Crippen LogP contribution in [0.2, 0.25) is 0 Å². The summed E-state index contributed by atoms with van der Waals surface area (Å²) in [6.07, 6.45) is 1.13. The summed E-state index contributed by atoms with van der Waals surface area (Å²) in [6, 6.07) is 2.37. The maximum atomic E-state index is 13.1. The van der Waals surface area contributed by atoms with Gasteiger partial charge in [-0.3, -0.25) is 4.79 Å². The van der Waals surface area contributed by atoms with Crippen LogP contribution in [0.1, 0.15) is 30.7 Å². The number of hydrogen-bond acceptors (Lipinski definition) is 4. The van der Waals surface area contributed by atoms with E-state index >= 15 is 0 Å². The summed E-state index contributed by atoms with van der Waals surface area (Å²) in [5.74, 6) is -0.433. The summed E-state index contributed by atoms with van der Waals surface area (Å²) in [5, 5.41) is 2.73. The topological polar surface area (TPSA) is 44.1 Å². The molecule has 2 aromatic rings. The molecule has 0 radical (unpaired) electrons. The largest absolute Gasteiger partial charge is 0.372 e. The molecule has 0 aromatic carbocycles. The highest BCUT2D eigenvalue weighted by molar-refractivity contribution is 7.09. The van der Waals surface area contributed by atoms with Crippen LogP contribution in [0.15, 0.2) is 28.5 Å². The van der Waals surface area contributed by atoms with Crippen molar-refractivity contribution in [1.29, 1.82) is 0 Å². The van der Waals surface area contributed by atoms with Gasteiger partial charge in [-0.25, -0.2) is 9.37 Å². The first kappa shape index (κ1) is 13.9. The molecular formula is C13H15FN2O2S. The van der Waals surface area contributed by atoms with Crippen LogP contribution in [0.3, 0.4) is 0 Å². The monoisotopic (exact) mass is 282 g/mol. The van der Waals surface area contributed by atoms with E-state index in [0.717, 1.165) is 16.8 Å². The smallest absolute Gasteiger partial charge is 0.251 e. The molecule has 1 atom stereocenters. The van der Waals surface area contributed by atoms with Crippen LogP contribution in [-0.2, 0) is 11.3 Å². The van der Waals surface area contributed by atoms with E-state index in [1.165, 1.54) is 28.2 Å². The third-order valence-corrected chi connectivity index (χ3v) is 3.67. The van der Waals surface area contributed by atoms with E-state index in [-0.39, 0.29) is 18.2 Å². The summed E-state index contributed by atoms with van der Waals surface area (Å²) in [5.41, 5.74) is 0.494. The highest BCUT2D eigenvalue weighted by Crippen LogP contribution is 2.21. The number of pyridine rings is 1. The summed E-state index contributed by atoms with van der Waals surface area (Å²) in [6.45, 7) is 4.75. The van der Waals surface area contributed by atoms with Crippen molar-refractivity contribution in [3.63, 3.8) is 0 Å². The van der Waals surface area contributed by atoms with Gasteiger partial charge in [-0.2, -0.15) is 0 Å². The Kier molecular flexibility index (Phi) is 4.44. The normalized spacial score (nSPS) is 12.6. The zero-order chi connectivity index (χ0) is 13.8.